The van der Waals surface area contributed by atoms with Crippen molar-refractivity contribution in [1.29, 1.82) is 0 Å². The van der Waals surface area contributed by atoms with Gasteiger partial charge in [0.25, 0.3) is 0 Å². The molecule has 0 spiro atoms. The second kappa shape index (κ2) is 8.37. The number of anilines is 1. The number of fused-ring (bicyclic) bond motifs is 1. The van der Waals surface area contributed by atoms with E-state index < -0.39 is 10.0 Å². The first-order valence-electron chi connectivity index (χ1n) is 10.7. The van der Waals surface area contributed by atoms with Gasteiger partial charge in [0.2, 0.25) is 10.0 Å². The molecule has 2 aliphatic rings. The summed E-state index contributed by atoms with van der Waals surface area (Å²) < 4.78 is 27.6. The van der Waals surface area contributed by atoms with Gasteiger partial charge in [-0.3, -0.25) is 0 Å². The van der Waals surface area contributed by atoms with Gasteiger partial charge in [0.1, 0.15) is 5.82 Å². The zero-order chi connectivity index (χ0) is 19.6. The number of nitrogens with zero attached hydrogens (tertiary/aromatic N) is 2. The van der Waals surface area contributed by atoms with E-state index in [0.29, 0.717) is 29.9 Å². The fourth-order valence-corrected chi connectivity index (χ4v) is 5.86. The number of nitrogens with one attached hydrogen (secondary N) is 1. The highest BCUT2D eigenvalue weighted by Crippen LogP contribution is 2.27. The van der Waals surface area contributed by atoms with Crippen molar-refractivity contribution in [2.75, 3.05) is 18.4 Å². The molecule has 0 atom stereocenters. The van der Waals surface area contributed by atoms with Crippen molar-refractivity contribution in [2.45, 2.75) is 69.2 Å². The monoisotopic (exact) mass is 401 g/mol. The van der Waals surface area contributed by atoms with Crippen LogP contribution in [0.2, 0.25) is 0 Å². The van der Waals surface area contributed by atoms with Gasteiger partial charge in [0, 0.05) is 24.5 Å². The van der Waals surface area contributed by atoms with Crippen LogP contribution in [-0.4, -0.2) is 36.8 Å². The quantitative estimate of drug-likeness (QED) is 0.748. The Kier molecular flexibility index (Phi) is 5.88. The summed E-state index contributed by atoms with van der Waals surface area (Å²) in [5.74, 6) is 1.49. The molecule has 6 heteroatoms. The summed E-state index contributed by atoms with van der Waals surface area (Å²) in [6, 6.07) is 9.77. The Morgan fingerprint density at radius 1 is 0.964 bits per heavy atom. The lowest BCUT2D eigenvalue weighted by Gasteiger charge is -2.29. The molecule has 2 fully saturated rings. The fraction of sp³-hybridized carbons (Fsp3) is 0.591. The van der Waals surface area contributed by atoms with E-state index in [1.165, 1.54) is 38.5 Å². The van der Waals surface area contributed by atoms with E-state index in [0.717, 1.165) is 29.6 Å². The number of hydrogen-bond acceptors (Lipinski definition) is 4. The van der Waals surface area contributed by atoms with Crippen LogP contribution in [0.25, 0.3) is 10.9 Å². The number of rotatable bonds is 4. The fourth-order valence-electron chi connectivity index (χ4n) is 4.35. The van der Waals surface area contributed by atoms with Crippen LogP contribution >= 0.6 is 0 Å². The number of pyridine rings is 1. The Morgan fingerprint density at radius 3 is 2.39 bits per heavy atom. The predicted molar refractivity (Wildman–Crippen MR) is 114 cm³/mol. The molecule has 1 aromatic carbocycles. The number of benzene rings is 1. The summed E-state index contributed by atoms with van der Waals surface area (Å²) in [7, 11) is -3.42. The number of aromatic nitrogens is 1. The third kappa shape index (κ3) is 4.33. The van der Waals surface area contributed by atoms with Gasteiger partial charge in [-0.2, -0.15) is 4.31 Å². The Labute approximate surface area is 168 Å². The summed E-state index contributed by atoms with van der Waals surface area (Å²) in [4.78, 5) is 5.10. The maximum atomic E-state index is 13.0. The van der Waals surface area contributed by atoms with Gasteiger partial charge in [-0.05, 0) is 61.9 Å². The number of hydrogen-bond donors (Lipinski definition) is 1. The number of sulfonamides is 1. The predicted octanol–water partition coefficient (Wildman–Crippen LogP) is 4.79. The van der Waals surface area contributed by atoms with Crippen LogP contribution in [0.3, 0.4) is 0 Å². The molecule has 0 amide bonds. The molecule has 1 N–H and O–H groups in total. The standard InChI is InChI=1S/C22H31N3O2S/c1-17-12-14-25(15-13-17)28(26,27)20-9-10-21-18(16-20)8-11-22(24-21)23-19-6-4-2-3-5-7-19/h8-11,16-17,19H,2-7,12-15H2,1H3,(H,23,24). The highest BCUT2D eigenvalue weighted by molar-refractivity contribution is 7.89. The Hall–Kier alpha value is -1.66. The molecule has 28 heavy (non-hydrogen) atoms. The summed E-state index contributed by atoms with van der Waals surface area (Å²) >= 11 is 0. The largest absolute Gasteiger partial charge is 0.367 e. The van der Waals surface area contributed by atoms with E-state index in [9.17, 15) is 8.42 Å². The van der Waals surface area contributed by atoms with Crippen molar-refractivity contribution >= 4 is 26.7 Å². The lowest BCUT2D eigenvalue weighted by molar-refractivity contribution is 0.288. The van der Waals surface area contributed by atoms with Gasteiger partial charge >= 0.3 is 0 Å². The molecule has 1 aromatic heterocycles. The van der Waals surface area contributed by atoms with Gasteiger partial charge < -0.3 is 5.32 Å². The van der Waals surface area contributed by atoms with E-state index in [2.05, 4.69) is 12.2 Å². The van der Waals surface area contributed by atoms with E-state index in [4.69, 9.17) is 4.98 Å². The lowest BCUT2D eigenvalue weighted by atomic mass is 10.0. The molecular weight excluding hydrogens is 370 g/mol. The van der Waals surface area contributed by atoms with Crippen molar-refractivity contribution in [2.24, 2.45) is 5.92 Å². The first-order valence-corrected chi connectivity index (χ1v) is 12.1. The normalized spacial score (nSPS) is 20.9. The Bertz CT molecular complexity index is 913. The zero-order valence-electron chi connectivity index (χ0n) is 16.7. The second-order valence-electron chi connectivity index (χ2n) is 8.47. The SMILES string of the molecule is CC1CCN(S(=O)(=O)c2ccc3nc(NC4CCCCCC4)ccc3c2)CC1. The summed E-state index contributed by atoms with van der Waals surface area (Å²) in [6.07, 6.45) is 9.49. The summed E-state index contributed by atoms with van der Waals surface area (Å²) in [5.41, 5.74) is 0.838. The minimum Gasteiger partial charge on any atom is -0.367 e. The molecular formula is C22H31N3O2S. The van der Waals surface area contributed by atoms with Crippen LogP contribution in [0.5, 0.6) is 0 Å². The van der Waals surface area contributed by atoms with Gasteiger partial charge in [-0.1, -0.05) is 32.6 Å². The summed E-state index contributed by atoms with van der Waals surface area (Å²) in [6.45, 7) is 3.42. The third-order valence-corrected chi connectivity index (χ3v) is 8.14. The Balaban J connectivity index is 1.53. The minimum atomic E-state index is -3.42. The van der Waals surface area contributed by atoms with E-state index >= 15 is 0 Å². The lowest BCUT2D eigenvalue weighted by Crippen LogP contribution is -2.37. The van der Waals surface area contributed by atoms with Crippen molar-refractivity contribution < 1.29 is 8.42 Å². The maximum Gasteiger partial charge on any atom is 0.243 e. The highest BCUT2D eigenvalue weighted by Gasteiger charge is 2.28. The van der Waals surface area contributed by atoms with E-state index in [-0.39, 0.29) is 0 Å². The third-order valence-electron chi connectivity index (χ3n) is 6.25. The smallest absolute Gasteiger partial charge is 0.243 e. The van der Waals surface area contributed by atoms with E-state index in [1.54, 1.807) is 16.4 Å². The van der Waals surface area contributed by atoms with Crippen LogP contribution < -0.4 is 5.32 Å². The number of piperidine rings is 1. The van der Waals surface area contributed by atoms with Crippen molar-refractivity contribution in [3.63, 3.8) is 0 Å². The van der Waals surface area contributed by atoms with Gasteiger partial charge in [0.15, 0.2) is 0 Å². The van der Waals surface area contributed by atoms with Gasteiger partial charge in [-0.15, -0.1) is 0 Å². The van der Waals surface area contributed by atoms with Crippen molar-refractivity contribution in [1.82, 2.24) is 9.29 Å². The minimum absolute atomic E-state index is 0.376. The molecule has 1 saturated carbocycles. The van der Waals surface area contributed by atoms with Crippen molar-refractivity contribution in [3.8, 4) is 0 Å². The molecule has 2 aromatic rings. The van der Waals surface area contributed by atoms with Crippen LogP contribution in [0.1, 0.15) is 58.3 Å². The second-order valence-corrected chi connectivity index (χ2v) is 10.4. The zero-order valence-corrected chi connectivity index (χ0v) is 17.5. The van der Waals surface area contributed by atoms with Crippen LogP contribution in [-0.2, 0) is 10.0 Å². The summed E-state index contributed by atoms with van der Waals surface area (Å²) in [5, 5.41) is 4.45. The van der Waals surface area contributed by atoms with E-state index in [1.807, 2.05) is 18.2 Å². The molecule has 1 aliphatic heterocycles. The first kappa shape index (κ1) is 19.6. The molecule has 1 saturated heterocycles. The molecule has 152 valence electrons. The Morgan fingerprint density at radius 2 is 1.68 bits per heavy atom. The molecule has 1 aliphatic carbocycles. The molecule has 2 heterocycles. The first-order chi connectivity index (χ1) is 13.5. The average Bonchev–Trinajstić information content (AvgIpc) is 2.96. The van der Waals surface area contributed by atoms with Crippen LogP contribution in [0, 0.1) is 5.92 Å². The highest BCUT2D eigenvalue weighted by atomic mass is 32.2. The molecule has 5 nitrogen and oxygen atoms in total. The van der Waals surface area contributed by atoms with Gasteiger partial charge in [-0.25, -0.2) is 13.4 Å². The van der Waals surface area contributed by atoms with Crippen LogP contribution in [0.4, 0.5) is 5.82 Å². The van der Waals surface area contributed by atoms with Crippen LogP contribution in [0.15, 0.2) is 35.2 Å². The maximum absolute atomic E-state index is 13.0. The molecule has 0 unspecified atom stereocenters. The molecule has 0 radical (unpaired) electrons. The topological polar surface area (TPSA) is 62.3 Å². The van der Waals surface area contributed by atoms with Crippen molar-refractivity contribution in [3.05, 3.63) is 30.3 Å². The van der Waals surface area contributed by atoms with Gasteiger partial charge in [0.05, 0.1) is 10.4 Å². The molecule has 4 rings (SSSR count). The average molecular weight is 402 g/mol. The molecule has 0 bridgehead atoms.